The molecule has 0 bridgehead atoms. The summed E-state index contributed by atoms with van der Waals surface area (Å²) in [5, 5.41) is 3.30. The van der Waals surface area contributed by atoms with E-state index < -0.39 is 0 Å². The second-order valence-electron chi connectivity index (χ2n) is 4.41. The normalized spacial score (nSPS) is 10.8. The van der Waals surface area contributed by atoms with Crippen molar-refractivity contribution < 1.29 is 4.74 Å². The van der Waals surface area contributed by atoms with Crippen LogP contribution in [-0.2, 0) is 18.4 Å². The Morgan fingerprint density at radius 1 is 1.40 bits per heavy atom. The van der Waals surface area contributed by atoms with E-state index in [1.54, 1.807) is 19.6 Å². The van der Waals surface area contributed by atoms with E-state index in [1.807, 2.05) is 11.6 Å². The molecule has 1 N–H and O–H groups in total. The highest BCUT2D eigenvalue weighted by molar-refractivity contribution is 9.10. The van der Waals surface area contributed by atoms with Gasteiger partial charge in [-0.3, -0.25) is 0 Å². The third kappa shape index (κ3) is 3.16. The van der Waals surface area contributed by atoms with Gasteiger partial charge in [0.25, 0.3) is 0 Å². The zero-order chi connectivity index (χ0) is 14.5. The number of methoxy groups -OCH3 is 1. The molecule has 0 spiro atoms. The monoisotopic (exact) mass is 339 g/mol. The minimum Gasteiger partial charge on any atom is -0.378 e. The average molecular weight is 340 g/mol. The van der Waals surface area contributed by atoms with Gasteiger partial charge in [-0.2, -0.15) is 0 Å². The van der Waals surface area contributed by atoms with Gasteiger partial charge in [-0.05, 0) is 22.4 Å². The number of nitrogens with zero attached hydrogens (tertiary/aromatic N) is 4. The summed E-state index contributed by atoms with van der Waals surface area (Å²) in [7, 11) is 3.57. The van der Waals surface area contributed by atoms with Crippen molar-refractivity contribution in [3.63, 3.8) is 0 Å². The number of hydrogen-bond donors (Lipinski definition) is 1. The highest BCUT2D eigenvalue weighted by atomic mass is 79.9. The standard InChI is InChI=1S/C13H18BrN5O/c1-4-5-16-13-11(14)9(7-20-3)17-12(18-13)10-6-15-8-19(10)2/h6,8H,4-5,7H2,1-3H3,(H,16,17,18). The number of nitrogens with one attached hydrogen (secondary N) is 1. The molecule has 6 nitrogen and oxygen atoms in total. The third-order valence-corrected chi connectivity index (χ3v) is 3.62. The van der Waals surface area contributed by atoms with Gasteiger partial charge in [0.05, 0.1) is 29.3 Å². The van der Waals surface area contributed by atoms with Gasteiger partial charge in [0.1, 0.15) is 11.5 Å². The molecule has 0 aliphatic heterocycles. The lowest BCUT2D eigenvalue weighted by Crippen LogP contribution is -2.09. The number of rotatable bonds is 6. The number of aromatic nitrogens is 4. The second kappa shape index (κ2) is 6.81. The number of ether oxygens (including phenoxy) is 1. The molecule has 0 saturated heterocycles. The van der Waals surface area contributed by atoms with E-state index >= 15 is 0 Å². The maximum Gasteiger partial charge on any atom is 0.180 e. The Bertz CT molecular complexity index is 584. The van der Waals surface area contributed by atoms with Crippen molar-refractivity contribution in [3.8, 4) is 11.5 Å². The molecule has 0 radical (unpaired) electrons. The molecule has 20 heavy (non-hydrogen) atoms. The summed E-state index contributed by atoms with van der Waals surface area (Å²) in [6, 6.07) is 0. The summed E-state index contributed by atoms with van der Waals surface area (Å²) in [4.78, 5) is 13.2. The van der Waals surface area contributed by atoms with Crippen LogP contribution in [-0.4, -0.2) is 33.2 Å². The first-order chi connectivity index (χ1) is 9.67. The smallest absolute Gasteiger partial charge is 0.180 e. The Morgan fingerprint density at radius 3 is 2.80 bits per heavy atom. The largest absolute Gasteiger partial charge is 0.378 e. The molecule has 0 amide bonds. The zero-order valence-electron chi connectivity index (χ0n) is 11.9. The molecule has 2 heterocycles. The van der Waals surface area contributed by atoms with Crippen molar-refractivity contribution in [2.45, 2.75) is 20.0 Å². The Labute approximate surface area is 126 Å². The van der Waals surface area contributed by atoms with Crippen LogP contribution in [0.1, 0.15) is 19.0 Å². The lowest BCUT2D eigenvalue weighted by atomic mass is 10.3. The summed E-state index contributed by atoms with van der Waals surface area (Å²) in [5.74, 6) is 1.42. The lowest BCUT2D eigenvalue weighted by Gasteiger charge is -2.12. The van der Waals surface area contributed by atoms with Crippen molar-refractivity contribution in [3.05, 3.63) is 22.7 Å². The average Bonchev–Trinajstić information content (AvgIpc) is 2.86. The molecule has 2 aromatic rings. The predicted molar refractivity (Wildman–Crippen MR) is 81.4 cm³/mol. The van der Waals surface area contributed by atoms with Gasteiger partial charge in [-0.1, -0.05) is 6.92 Å². The van der Waals surface area contributed by atoms with Crippen LogP contribution in [0.15, 0.2) is 17.0 Å². The molecule has 2 rings (SSSR count). The van der Waals surface area contributed by atoms with Crippen molar-refractivity contribution in [2.24, 2.45) is 7.05 Å². The van der Waals surface area contributed by atoms with Crippen molar-refractivity contribution in [2.75, 3.05) is 19.0 Å². The van der Waals surface area contributed by atoms with Crippen LogP contribution >= 0.6 is 15.9 Å². The van der Waals surface area contributed by atoms with Crippen LogP contribution < -0.4 is 5.32 Å². The Hall–Kier alpha value is -1.47. The summed E-state index contributed by atoms with van der Waals surface area (Å²) >= 11 is 3.54. The van der Waals surface area contributed by atoms with E-state index in [1.165, 1.54) is 0 Å². The van der Waals surface area contributed by atoms with Gasteiger partial charge in [-0.25, -0.2) is 15.0 Å². The van der Waals surface area contributed by atoms with E-state index in [0.717, 1.165) is 34.6 Å². The first-order valence-electron chi connectivity index (χ1n) is 6.43. The highest BCUT2D eigenvalue weighted by Gasteiger charge is 2.15. The van der Waals surface area contributed by atoms with E-state index in [4.69, 9.17) is 4.74 Å². The van der Waals surface area contributed by atoms with Gasteiger partial charge in [-0.15, -0.1) is 0 Å². The molecule has 0 unspecified atom stereocenters. The number of anilines is 1. The van der Waals surface area contributed by atoms with Crippen LogP contribution in [0.2, 0.25) is 0 Å². The summed E-state index contributed by atoms with van der Waals surface area (Å²) < 4.78 is 7.94. The highest BCUT2D eigenvalue weighted by Crippen LogP contribution is 2.27. The number of aryl methyl sites for hydroxylation is 1. The van der Waals surface area contributed by atoms with Crippen molar-refractivity contribution >= 4 is 21.7 Å². The maximum atomic E-state index is 5.20. The topological polar surface area (TPSA) is 64.9 Å². The third-order valence-electron chi connectivity index (χ3n) is 2.79. The molecule has 0 atom stereocenters. The van der Waals surface area contributed by atoms with E-state index in [9.17, 15) is 0 Å². The van der Waals surface area contributed by atoms with Crippen molar-refractivity contribution in [1.82, 2.24) is 19.5 Å². The predicted octanol–water partition coefficient (Wildman–Crippen LogP) is 2.61. The first kappa shape index (κ1) is 14.9. The van der Waals surface area contributed by atoms with Gasteiger partial charge < -0.3 is 14.6 Å². The van der Waals surface area contributed by atoms with Gasteiger partial charge >= 0.3 is 0 Å². The molecule has 108 valence electrons. The SMILES string of the molecule is CCCNc1nc(-c2cncn2C)nc(COC)c1Br. The van der Waals surface area contributed by atoms with Gasteiger partial charge in [0, 0.05) is 20.7 Å². The Balaban J connectivity index is 2.46. The van der Waals surface area contributed by atoms with E-state index in [0.29, 0.717) is 12.4 Å². The van der Waals surface area contributed by atoms with Crippen molar-refractivity contribution in [1.29, 1.82) is 0 Å². The molecule has 0 saturated carbocycles. The quantitative estimate of drug-likeness (QED) is 0.876. The molecule has 0 aromatic carbocycles. The van der Waals surface area contributed by atoms with Crippen LogP contribution in [0.25, 0.3) is 11.5 Å². The van der Waals surface area contributed by atoms with Gasteiger partial charge in [0.15, 0.2) is 5.82 Å². The molecule has 2 aromatic heterocycles. The molecular formula is C13H18BrN5O. The first-order valence-corrected chi connectivity index (χ1v) is 7.22. The maximum absolute atomic E-state index is 5.20. The Kier molecular flexibility index (Phi) is 5.08. The van der Waals surface area contributed by atoms with Crippen LogP contribution in [0.4, 0.5) is 5.82 Å². The second-order valence-corrected chi connectivity index (χ2v) is 5.20. The zero-order valence-corrected chi connectivity index (χ0v) is 13.4. The number of imidazole rings is 1. The van der Waals surface area contributed by atoms with Crippen LogP contribution in [0, 0.1) is 0 Å². The summed E-state index contributed by atoms with van der Waals surface area (Å²) in [6.45, 7) is 3.39. The number of halogens is 1. The van der Waals surface area contributed by atoms with E-state index in [2.05, 4.69) is 43.1 Å². The minimum atomic E-state index is 0.425. The fourth-order valence-corrected chi connectivity index (χ4v) is 2.21. The summed E-state index contributed by atoms with van der Waals surface area (Å²) in [5.41, 5.74) is 1.69. The fraction of sp³-hybridized carbons (Fsp3) is 0.462. The number of hydrogen-bond acceptors (Lipinski definition) is 5. The van der Waals surface area contributed by atoms with Gasteiger partial charge in [0.2, 0.25) is 0 Å². The minimum absolute atomic E-state index is 0.425. The molecule has 7 heteroatoms. The molecular weight excluding hydrogens is 322 g/mol. The van der Waals surface area contributed by atoms with Crippen LogP contribution in [0.3, 0.4) is 0 Å². The molecule has 0 aliphatic carbocycles. The lowest BCUT2D eigenvalue weighted by molar-refractivity contribution is 0.181. The van der Waals surface area contributed by atoms with Crippen LogP contribution in [0.5, 0.6) is 0 Å². The van der Waals surface area contributed by atoms with E-state index in [-0.39, 0.29) is 0 Å². The molecule has 0 aliphatic rings. The Morgan fingerprint density at radius 2 is 2.20 bits per heavy atom. The summed E-state index contributed by atoms with van der Waals surface area (Å²) in [6.07, 6.45) is 4.51. The fourth-order valence-electron chi connectivity index (χ4n) is 1.77. The molecule has 0 fully saturated rings.